The summed E-state index contributed by atoms with van der Waals surface area (Å²) in [5, 5.41) is 11.8. The predicted octanol–water partition coefficient (Wildman–Crippen LogP) is 2.27. The first-order valence-corrected chi connectivity index (χ1v) is 6.09. The van der Waals surface area contributed by atoms with Gasteiger partial charge in [-0.15, -0.1) is 0 Å². The molecular weight excluding hydrogens is 256 g/mol. The zero-order valence-electron chi connectivity index (χ0n) is 11.0. The number of carbonyl (C=O) groups excluding carboxylic acids is 1. The van der Waals surface area contributed by atoms with E-state index in [1.807, 2.05) is 6.07 Å². The highest BCUT2D eigenvalue weighted by atomic mass is 16.4. The minimum absolute atomic E-state index is 0.184. The van der Waals surface area contributed by atoms with Crippen LogP contribution in [0.3, 0.4) is 0 Å². The Balaban J connectivity index is 2.12. The Morgan fingerprint density at radius 1 is 1.25 bits per heavy atom. The van der Waals surface area contributed by atoms with Gasteiger partial charge in [-0.1, -0.05) is 12.1 Å². The summed E-state index contributed by atoms with van der Waals surface area (Å²) in [6.07, 6.45) is 3.46. The molecule has 5 heteroatoms. The number of carboxylic acid groups (broad SMARTS) is 1. The first kappa shape index (κ1) is 13.7. The highest BCUT2D eigenvalue weighted by molar-refractivity contribution is 5.96. The number of carbonyl (C=O) groups is 2. The summed E-state index contributed by atoms with van der Waals surface area (Å²) in [5.41, 5.74) is 2.04. The maximum absolute atomic E-state index is 11.9. The van der Waals surface area contributed by atoms with E-state index in [0.717, 1.165) is 5.56 Å². The van der Waals surface area contributed by atoms with E-state index in [2.05, 4.69) is 10.3 Å². The number of rotatable bonds is 4. The topological polar surface area (TPSA) is 79.3 Å². The van der Waals surface area contributed by atoms with Crippen LogP contribution in [-0.2, 0) is 11.2 Å². The van der Waals surface area contributed by atoms with Crippen molar-refractivity contribution < 1.29 is 14.7 Å². The van der Waals surface area contributed by atoms with Crippen molar-refractivity contribution in [2.45, 2.75) is 13.3 Å². The van der Waals surface area contributed by atoms with Crippen molar-refractivity contribution >= 4 is 17.6 Å². The quantitative estimate of drug-likeness (QED) is 0.893. The molecule has 2 N–H and O–H groups in total. The predicted molar refractivity (Wildman–Crippen MR) is 74.7 cm³/mol. The molecule has 0 bridgehead atoms. The summed E-state index contributed by atoms with van der Waals surface area (Å²) in [4.78, 5) is 26.9. The number of amides is 1. The Bertz CT molecular complexity index is 639. The minimum Gasteiger partial charge on any atom is -0.478 e. The number of nitrogens with zero attached hydrogens (tertiary/aromatic N) is 1. The van der Waals surface area contributed by atoms with Gasteiger partial charge in [0.2, 0.25) is 5.91 Å². The third kappa shape index (κ3) is 3.20. The smallest absolute Gasteiger partial charge is 0.336 e. The minimum atomic E-state index is -1.01. The second kappa shape index (κ2) is 5.97. The maximum atomic E-state index is 11.9. The Morgan fingerprint density at radius 2 is 2.05 bits per heavy atom. The lowest BCUT2D eigenvalue weighted by molar-refractivity contribution is -0.115. The van der Waals surface area contributed by atoms with Gasteiger partial charge in [0.05, 0.1) is 12.0 Å². The van der Waals surface area contributed by atoms with Gasteiger partial charge < -0.3 is 10.4 Å². The average Bonchev–Trinajstić information content (AvgIpc) is 2.42. The molecule has 1 amide bonds. The summed E-state index contributed by atoms with van der Waals surface area (Å²) < 4.78 is 0. The van der Waals surface area contributed by atoms with Crippen LogP contribution in [0.25, 0.3) is 0 Å². The zero-order chi connectivity index (χ0) is 14.5. The fourth-order valence-corrected chi connectivity index (χ4v) is 1.89. The summed E-state index contributed by atoms with van der Waals surface area (Å²) in [5.74, 6) is -1.21. The Kier molecular flexibility index (Phi) is 4.10. The number of aromatic carboxylic acids is 1. The molecule has 0 aliphatic carbocycles. The fraction of sp³-hybridized carbons (Fsp3) is 0.133. The highest BCUT2D eigenvalue weighted by Crippen LogP contribution is 2.19. The Hall–Kier alpha value is -2.69. The molecular formula is C15H14N2O3. The Labute approximate surface area is 116 Å². The zero-order valence-corrected chi connectivity index (χ0v) is 11.0. The molecule has 1 aromatic carbocycles. The molecule has 2 aromatic rings. The molecule has 2 rings (SSSR count). The molecule has 0 saturated heterocycles. The SMILES string of the molecule is Cc1c(NC(=O)Cc2cccnc2)cccc1C(=O)O. The number of benzene rings is 1. The third-order valence-corrected chi connectivity index (χ3v) is 2.93. The molecule has 1 aromatic heterocycles. The van der Waals surface area contributed by atoms with Crippen LogP contribution >= 0.6 is 0 Å². The van der Waals surface area contributed by atoms with E-state index in [9.17, 15) is 9.59 Å². The standard InChI is InChI=1S/C15H14N2O3/c1-10-12(15(19)20)5-2-6-13(10)17-14(18)8-11-4-3-7-16-9-11/h2-7,9H,8H2,1H3,(H,17,18)(H,19,20). The van der Waals surface area contributed by atoms with Gasteiger partial charge >= 0.3 is 5.97 Å². The number of hydrogen-bond acceptors (Lipinski definition) is 3. The van der Waals surface area contributed by atoms with E-state index in [1.165, 1.54) is 6.07 Å². The number of carboxylic acids is 1. The summed E-state index contributed by atoms with van der Waals surface area (Å²) in [6, 6.07) is 8.37. The Morgan fingerprint density at radius 3 is 2.70 bits per heavy atom. The fourth-order valence-electron chi connectivity index (χ4n) is 1.89. The van der Waals surface area contributed by atoms with Crippen molar-refractivity contribution in [2.75, 3.05) is 5.32 Å². The molecule has 0 unspecified atom stereocenters. The van der Waals surface area contributed by atoms with Gasteiger partial charge in [0.1, 0.15) is 0 Å². The van der Waals surface area contributed by atoms with Gasteiger partial charge in [-0.3, -0.25) is 9.78 Å². The molecule has 0 fully saturated rings. The second-order valence-electron chi connectivity index (χ2n) is 4.37. The van der Waals surface area contributed by atoms with Crippen LogP contribution in [0.1, 0.15) is 21.5 Å². The van der Waals surface area contributed by atoms with Gasteiger partial charge in [0.25, 0.3) is 0 Å². The summed E-state index contributed by atoms with van der Waals surface area (Å²) in [6.45, 7) is 1.67. The van der Waals surface area contributed by atoms with Crippen LogP contribution in [0, 0.1) is 6.92 Å². The molecule has 0 aliphatic rings. The van der Waals surface area contributed by atoms with Crippen molar-refractivity contribution in [3.05, 3.63) is 59.4 Å². The summed E-state index contributed by atoms with van der Waals surface area (Å²) in [7, 11) is 0. The molecule has 20 heavy (non-hydrogen) atoms. The first-order valence-electron chi connectivity index (χ1n) is 6.09. The van der Waals surface area contributed by atoms with Crippen LogP contribution in [0.5, 0.6) is 0 Å². The molecule has 102 valence electrons. The highest BCUT2D eigenvalue weighted by Gasteiger charge is 2.12. The normalized spacial score (nSPS) is 10.1. The van der Waals surface area contributed by atoms with Crippen molar-refractivity contribution in [3.8, 4) is 0 Å². The monoisotopic (exact) mass is 270 g/mol. The average molecular weight is 270 g/mol. The lowest BCUT2D eigenvalue weighted by Crippen LogP contribution is -2.16. The molecule has 1 heterocycles. The van der Waals surface area contributed by atoms with Crippen LogP contribution in [0.4, 0.5) is 5.69 Å². The van der Waals surface area contributed by atoms with E-state index in [0.29, 0.717) is 11.3 Å². The second-order valence-corrected chi connectivity index (χ2v) is 4.37. The number of hydrogen-bond donors (Lipinski definition) is 2. The van der Waals surface area contributed by atoms with Crippen molar-refractivity contribution in [2.24, 2.45) is 0 Å². The van der Waals surface area contributed by atoms with Crippen molar-refractivity contribution in [3.63, 3.8) is 0 Å². The van der Waals surface area contributed by atoms with E-state index >= 15 is 0 Å². The van der Waals surface area contributed by atoms with E-state index in [4.69, 9.17) is 5.11 Å². The van der Waals surface area contributed by atoms with Gasteiger partial charge in [0.15, 0.2) is 0 Å². The lowest BCUT2D eigenvalue weighted by atomic mass is 10.1. The summed E-state index contributed by atoms with van der Waals surface area (Å²) >= 11 is 0. The third-order valence-electron chi connectivity index (χ3n) is 2.93. The van der Waals surface area contributed by atoms with Gasteiger partial charge in [-0.2, -0.15) is 0 Å². The van der Waals surface area contributed by atoms with Gasteiger partial charge in [-0.05, 0) is 36.2 Å². The first-order chi connectivity index (χ1) is 9.58. The number of anilines is 1. The molecule has 0 saturated carbocycles. The van der Waals surface area contributed by atoms with Crippen LogP contribution < -0.4 is 5.32 Å². The molecule has 0 aliphatic heterocycles. The van der Waals surface area contributed by atoms with Crippen LogP contribution in [-0.4, -0.2) is 22.0 Å². The lowest BCUT2D eigenvalue weighted by Gasteiger charge is -2.10. The van der Waals surface area contributed by atoms with E-state index in [-0.39, 0.29) is 17.9 Å². The molecule has 5 nitrogen and oxygen atoms in total. The number of pyridine rings is 1. The van der Waals surface area contributed by atoms with Crippen molar-refractivity contribution in [1.82, 2.24) is 4.98 Å². The van der Waals surface area contributed by atoms with Crippen LogP contribution in [0.2, 0.25) is 0 Å². The van der Waals surface area contributed by atoms with E-state index < -0.39 is 5.97 Å². The number of aromatic nitrogens is 1. The van der Waals surface area contributed by atoms with Gasteiger partial charge in [0, 0.05) is 18.1 Å². The number of nitrogens with one attached hydrogen (secondary N) is 1. The molecule has 0 spiro atoms. The molecule has 0 atom stereocenters. The van der Waals surface area contributed by atoms with Crippen LogP contribution in [0.15, 0.2) is 42.7 Å². The maximum Gasteiger partial charge on any atom is 0.336 e. The molecule has 0 radical (unpaired) electrons. The van der Waals surface area contributed by atoms with E-state index in [1.54, 1.807) is 37.5 Å². The largest absolute Gasteiger partial charge is 0.478 e. The van der Waals surface area contributed by atoms with Gasteiger partial charge in [-0.25, -0.2) is 4.79 Å². The van der Waals surface area contributed by atoms with Crippen molar-refractivity contribution in [1.29, 1.82) is 0 Å².